The molecule has 0 saturated heterocycles. The zero-order valence-corrected chi connectivity index (χ0v) is 10.8. The Morgan fingerprint density at radius 1 is 1.56 bits per heavy atom. The van der Waals surface area contributed by atoms with Crippen molar-refractivity contribution in [2.45, 2.75) is 13.5 Å². The van der Waals surface area contributed by atoms with E-state index in [9.17, 15) is 9.59 Å². The molecular formula is C12H18N2O4. The van der Waals surface area contributed by atoms with Gasteiger partial charge in [0.05, 0.1) is 12.1 Å². The quantitative estimate of drug-likeness (QED) is 0.784. The number of carbonyl (C=O) groups excluding carboxylic acids is 1. The van der Waals surface area contributed by atoms with Crippen LogP contribution in [0.2, 0.25) is 0 Å². The minimum absolute atomic E-state index is 0.0208. The van der Waals surface area contributed by atoms with Gasteiger partial charge in [0.1, 0.15) is 12.0 Å². The third kappa shape index (κ3) is 3.89. The van der Waals surface area contributed by atoms with Gasteiger partial charge >= 0.3 is 5.97 Å². The van der Waals surface area contributed by atoms with E-state index in [-0.39, 0.29) is 17.4 Å². The summed E-state index contributed by atoms with van der Waals surface area (Å²) in [7, 11) is 3.45. The number of hydrogen-bond donors (Lipinski definition) is 2. The maximum Gasteiger partial charge on any atom is 0.338 e. The topological polar surface area (TPSA) is 82.8 Å². The van der Waals surface area contributed by atoms with Crippen molar-refractivity contribution in [3.8, 4) is 0 Å². The molecule has 18 heavy (non-hydrogen) atoms. The smallest absolute Gasteiger partial charge is 0.338 e. The lowest BCUT2D eigenvalue weighted by Gasteiger charge is -2.19. The molecular weight excluding hydrogens is 236 g/mol. The monoisotopic (exact) mass is 254 g/mol. The fraction of sp³-hybridized carbons (Fsp3) is 0.500. The Bertz CT molecular complexity index is 427. The molecule has 0 fully saturated rings. The van der Waals surface area contributed by atoms with E-state index >= 15 is 0 Å². The zero-order chi connectivity index (χ0) is 13.7. The van der Waals surface area contributed by atoms with Crippen LogP contribution in [0.25, 0.3) is 0 Å². The van der Waals surface area contributed by atoms with Gasteiger partial charge in [0.15, 0.2) is 0 Å². The lowest BCUT2D eigenvalue weighted by molar-refractivity contribution is -0.124. The molecule has 1 atom stereocenters. The summed E-state index contributed by atoms with van der Waals surface area (Å²) in [6.07, 6.45) is 1.22. The van der Waals surface area contributed by atoms with Gasteiger partial charge in [0, 0.05) is 19.5 Å². The van der Waals surface area contributed by atoms with Crippen molar-refractivity contribution in [3.05, 3.63) is 23.7 Å². The molecule has 0 aromatic carbocycles. The summed E-state index contributed by atoms with van der Waals surface area (Å²) in [5.41, 5.74) is 0.137. The fourth-order valence-corrected chi connectivity index (χ4v) is 1.70. The number of furan rings is 1. The molecule has 0 aliphatic carbocycles. The lowest BCUT2D eigenvalue weighted by Crippen LogP contribution is -2.34. The second-order valence-electron chi connectivity index (χ2n) is 4.32. The highest BCUT2D eigenvalue weighted by Crippen LogP contribution is 2.11. The van der Waals surface area contributed by atoms with Crippen molar-refractivity contribution in [1.29, 1.82) is 0 Å². The number of hydrogen-bond acceptors (Lipinski definition) is 4. The number of carboxylic acids is 1. The minimum Gasteiger partial charge on any atom is -0.478 e. The highest BCUT2D eigenvalue weighted by molar-refractivity contribution is 5.87. The van der Waals surface area contributed by atoms with Gasteiger partial charge in [-0.25, -0.2) is 4.79 Å². The van der Waals surface area contributed by atoms with Crippen LogP contribution < -0.4 is 5.32 Å². The van der Waals surface area contributed by atoms with Crippen LogP contribution in [0.1, 0.15) is 23.0 Å². The van der Waals surface area contributed by atoms with Gasteiger partial charge in [-0.15, -0.1) is 0 Å². The first-order valence-electron chi connectivity index (χ1n) is 5.65. The number of amides is 1. The Balaban J connectivity index is 2.51. The third-order valence-corrected chi connectivity index (χ3v) is 2.61. The molecule has 100 valence electrons. The van der Waals surface area contributed by atoms with Crippen molar-refractivity contribution in [3.63, 3.8) is 0 Å². The summed E-state index contributed by atoms with van der Waals surface area (Å²) >= 11 is 0. The fourth-order valence-electron chi connectivity index (χ4n) is 1.70. The maximum absolute atomic E-state index is 11.4. The average Bonchev–Trinajstić information content (AvgIpc) is 2.76. The molecule has 0 aliphatic rings. The molecule has 0 saturated carbocycles. The number of carboxylic acid groups (broad SMARTS) is 1. The van der Waals surface area contributed by atoms with Gasteiger partial charge < -0.3 is 14.8 Å². The van der Waals surface area contributed by atoms with Gasteiger partial charge in [-0.05, 0) is 13.1 Å². The normalized spacial score (nSPS) is 12.4. The van der Waals surface area contributed by atoms with Gasteiger partial charge in [0.25, 0.3) is 0 Å². The van der Waals surface area contributed by atoms with E-state index < -0.39 is 5.97 Å². The third-order valence-electron chi connectivity index (χ3n) is 2.61. The van der Waals surface area contributed by atoms with Gasteiger partial charge in [-0.1, -0.05) is 6.92 Å². The predicted octanol–water partition coefficient (Wildman–Crippen LogP) is 0.792. The molecule has 1 heterocycles. The SMILES string of the molecule is CNC(=O)C(C)CN(C)Cc1cc(C(=O)O)co1. The Labute approximate surface area is 106 Å². The first-order valence-corrected chi connectivity index (χ1v) is 5.65. The van der Waals surface area contributed by atoms with Crippen LogP contribution in [-0.2, 0) is 11.3 Å². The molecule has 0 aliphatic heterocycles. The Hall–Kier alpha value is -1.82. The van der Waals surface area contributed by atoms with Crippen LogP contribution in [0.5, 0.6) is 0 Å². The number of nitrogens with zero attached hydrogens (tertiary/aromatic N) is 1. The Morgan fingerprint density at radius 2 is 2.22 bits per heavy atom. The van der Waals surface area contributed by atoms with Gasteiger partial charge in [0.2, 0.25) is 5.91 Å². The lowest BCUT2D eigenvalue weighted by atomic mass is 10.1. The summed E-state index contributed by atoms with van der Waals surface area (Å²) in [4.78, 5) is 23.9. The molecule has 1 aromatic rings. The number of nitrogens with one attached hydrogen (secondary N) is 1. The largest absolute Gasteiger partial charge is 0.478 e. The summed E-state index contributed by atoms with van der Waals surface area (Å²) in [5.74, 6) is -0.591. The minimum atomic E-state index is -1.01. The number of rotatable bonds is 6. The highest BCUT2D eigenvalue weighted by Gasteiger charge is 2.15. The maximum atomic E-state index is 11.4. The molecule has 0 bridgehead atoms. The Morgan fingerprint density at radius 3 is 2.72 bits per heavy atom. The van der Waals surface area contributed by atoms with Crippen LogP contribution >= 0.6 is 0 Å². The molecule has 0 radical (unpaired) electrons. The second kappa shape index (κ2) is 6.20. The molecule has 1 rings (SSSR count). The first-order chi connectivity index (χ1) is 8.43. The summed E-state index contributed by atoms with van der Waals surface area (Å²) in [5, 5.41) is 11.3. The van der Waals surface area contributed by atoms with E-state index in [1.165, 1.54) is 12.3 Å². The summed E-state index contributed by atoms with van der Waals surface area (Å²) < 4.78 is 5.14. The van der Waals surface area contributed by atoms with Gasteiger partial charge in [-0.2, -0.15) is 0 Å². The Kier molecular flexibility index (Phi) is 4.91. The number of carbonyl (C=O) groups is 2. The van der Waals surface area contributed by atoms with E-state index in [2.05, 4.69) is 5.32 Å². The first kappa shape index (κ1) is 14.2. The van der Waals surface area contributed by atoms with Crippen LogP contribution in [0, 0.1) is 5.92 Å². The average molecular weight is 254 g/mol. The van der Waals surface area contributed by atoms with E-state index in [1.807, 2.05) is 18.9 Å². The van der Waals surface area contributed by atoms with Crippen LogP contribution in [0.3, 0.4) is 0 Å². The van der Waals surface area contributed by atoms with Crippen molar-refractivity contribution in [1.82, 2.24) is 10.2 Å². The standard InChI is InChI=1S/C12H18N2O4/c1-8(11(15)13-2)5-14(3)6-10-4-9(7-18-10)12(16)17/h4,7-8H,5-6H2,1-3H3,(H,13,15)(H,16,17). The van der Waals surface area contributed by atoms with Crippen molar-refractivity contribution in [2.24, 2.45) is 5.92 Å². The van der Waals surface area contributed by atoms with Gasteiger partial charge in [-0.3, -0.25) is 9.69 Å². The van der Waals surface area contributed by atoms with Crippen molar-refractivity contribution >= 4 is 11.9 Å². The van der Waals surface area contributed by atoms with E-state index in [1.54, 1.807) is 7.05 Å². The molecule has 1 unspecified atom stereocenters. The summed E-state index contributed by atoms with van der Waals surface area (Å²) in [6, 6.07) is 1.49. The van der Waals surface area contributed by atoms with E-state index in [0.29, 0.717) is 18.8 Å². The zero-order valence-electron chi connectivity index (χ0n) is 10.8. The molecule has 2 N–H and O–H groups in total. The highest BCUT2D eigenvalue weighted by atomic mass is 16.4. The van der Waals surface area contributed by atoms with Crippen LogP contribution in [0.15, 0.2) is 16.7 Å². The molecule has 6 nitrogen and oxygen atoms in total. The van der Waals surface area contributed by atoms with Crippen LogP contribution in [-0.4, -0.2) is 42.5 Å². The number of aromatic carboxylic acids is 1. The molecule has 0 spiro atoms. The summed E-state index contributed by atoms with van der Waals surface area (Å²) in [6.45, 7) is 2.87. The van der Waals surface area contributed by atoms with E-state index in [0.717, 1.165) is 0 Å². The van der Waals surface area contributed by atoms with Crippen LogP contribution in [0.4, 0.5) is 0 Å². The van der Waals surface area contributed by atoms with E-state index in [4.69, 9.17) is 9.52 Å². The predicted molar refractivity (Wildman–Crippen MR) is 65.2 cm³/mol. The molecule has 1 amide bonds. The molecule has 1 aromatic heterocycles. The van der Waals surface area contributed by atoms with Crippen molar-refractivity contribution in [2.75, 3.05) is 20.6 Å². The molecule has 6 heteroatoms. The van der Waals surface area contributed by atoms with Crippen molar-refractivity contribution < 1.29 is 19.1 Å². The second-order valence-corrected chi connectivity index (χ2v) is 4.32.